The molecular weight excluding hydrogens is 334 g/mol. The maximum atomic E-state index is 11.9. The smallest absolute Gasteiger partial charge is 0.338 e. The molecule has 2 aromatic rings. The van der Waals surface area contributed by atoms with Crippen LogP contribution in [0.2, 0.25) is 0 Å². The molecule has 0 aliphatic carbocycles. The molecule has 0 fully saturated rings. The standard InChI is InChI=1S/C20H23NO3S/c1-15(8-9-16-6-4-3-5-7-16)21-19(22)14-24-20(23)17-10-12-18(25-2)13-11-17/h3-7,10-13,15H,8-9,14H2,1-2H3,(H,21,22)/t15-/m0/s1. The summed E-state index contributed by atoms with van der Waals surface area (Å²) in [6.07, 6.45) is 3.69. The van der Waals surface area contributed by atoms with E-state index in [9.17, 15) is 9.59 Å². The summed E-state index contributed by atoms with van der Waals surface area (Å²) in [4.78, 5) is 24.9. The molecule has 2 aromatic carbocycles. The van der Waals surface area contributed by atoms with Gasteiger partial charge in [-0.25, -0.2) is 4.79 Å². The van der Waals surface area contributed by atoms with Gasteiger partial charge in [-0.3, -0.25) is 4.79 Å². The number of amides is 1. The summed E-state index contributed by atoms with van der Waals surface area (Å²) in [6.45, 7) is 1.68. The molecule has 0 heterocycles. The fraction of sp³-hybridized carbons (Fsp3) is 0.300. The van der Waals surface area contributed by atoms with Gasteiger partial charge in [-0.05, 0) is 55.9 Å². The van der Waals surface area contributed by atoms with Crippen molar-refractivity contribution in [3.8, 4) is 0 Å². The van der Waals surface area contributed by atoms with E-state index < -0.39 is 5.97 Å². The van der Waals surface area contributed by atoms with Crippen molar-refractivity contribution in [1.82, 2.24) is 5.32 Å². The number of nitrogens with one attached hydrogen (secondary N) is 1. The van der Waals surface area contributed by atoms with E-state index in [2.05, 4.69) is 17.4 Å². The van der Waals surface area contributed by atoms with Crippen molar-refractivity contribution in [3.63, 3.8) is 0 Å². The van der Waals surface area contributed by atoms with Gasteiger partial charge in [0.05, 0.1) is 5.56 Å². The minimum Gasteiger partial charge on any atom is -0.452 e. The number of aryl methyl sites for hydroxylation is 1. The second-order valence-corrected chi connectivity index (χ2v) is 6.68. The molecule has 4 nitrogen and oxygen atoms in total. The van der Waals surface area contributed by atoms with Crippen LogP contribution in [0.4, 0.5) is 0 Å². The summed E-state index contributed by atoms with van der Waals surface area (Å²) < 4.78 is 5.07. The van der Waals surface area contributed by atoms with Crippen LogP contribution in [0.1, 0.15) is 29.3 Å². The molecule has 0 radical (unpaired) electrons. The first-order valence-electron chi connectivity index (χ1n) is 8.23. The SMILES string of the molecule is CSc1ccc(C(=O)OCC(=O)N[C@@H](C)CCc2ccccc2)cc1. The van der Waals surface area contributed by atoms with E-state index >= 15 is 0 Å². The number of carbonyl (C=O) groups excluding carboxylic acids is 2. The topological polar surface area (TPSA) is 55.4 Å². The lowest BCUT2D eigenvalue weighted by atomic mass is 10.1. The molecule has 0 unspecified atom stereocenters. The Morgan fingerprint density at radius 3 is 2.40 bits per heavy atom. The zero-order valence-corrected chi connectivity index (χ0v) is 15.3. The minimum atomic E-state index is -0.486. The van der Waals surface area contributed by atoms with Crippen LogP contribution in [0.3, 0.4) is 0 Å². The summed E-state index contributed by atoms with van der Waals surface area (Å²) in [7, 11) is 0. The maximum absolute atomic E-state index is 11.9. The third-order valence-electron chi connectivity index (χ3n) is 3.78. The summed E-state index contributed by atoms with van der Waals surface area (Å²) in [6, 6.07) is 17.3. The van der Waals surface area contributed by atoms with Crippen LogP contribution < -0.4 is 5.32 Å². The number of benzene rings is 2. The molecule has 0 bridgehead atoms. The van der Waals surface area contributed by atoms with Gasteiger partial charge in [0.1, 0.15) is 0 Å². The van der Waals surface area contributed by atoms with Gasteiger partial charge in [0.25, 0.3) is 5.91 Å². The molecule has 25 heavy (non-hydrogen) atoms. The highest BCUT2D eigenvalue weighted by molar-refractivity contribution is 7.98. The third kappa shape index (κ3) is 6.63. The normalized spacial score (nSPS) is 11.6. The van der Waals surface area contributed by atoms with E-state index in [0.29, 0.717) is 5.56 Å². The first-order valence-corrected chi connectivity index (χ1v) is 9.45. The minimum absolute atomic E-state index is 0.0206. The Balaban J connectivity index is 1.71. The quantitative estimate of drug-likeness (QED) is 0.578. The van der Waals surface area contributed by atoms with Gasteiger partial charge < -0.3 is 10.1 Å². The Labute approximate surface area is 153 Å². The lowest BCUT2D eigenvalue weighted by Crippen LogP contribution is -2.36. The summed E-state index contributed by atoms with van der Waals surface area (Å²) in [5, 5.41) is 2.86. The summed E-state index contributed by atoms with van der Waals surface area (Å²) in [5.41, 5.74) is 1.69. The summed E-state index contributed by atoms with van der Waals surface area (Å²) in [5.74, 6) is -0.769. The average molecular weight is 357 g/mol. The number of hydrogen-bond donors (Lipinski definition) is 1. The van der Waals surface area contributed by atoms with Gasteiger partial charge in [-0.1, -0.05) is 30.3 Å². The number of ether oxygens (including phenoxy) is 1. The molecule has 0 aromatic heterocycles. The first kappa shape index (κ1) is 19.1. The highest BCUT2D eigenvalue weighted by Crippen LogP contribution is 2.15. The number of thioether (sulfide) groups is 1. The second kappa shape index (κ2) is 9.89. The van der Waals surface area contributed by atoms with E-state index in [1.54, 1.807) is 23.9 Å². The lowest BCUT2D eigenvalue weighted by Gasteiger charge is -2.14. The zero-order chi connectivity index (χ0) is 18.1. The van der Waals surface area contributed by atoms with Crippen LogP contribution >= 0.6 is 11.8 Å². The molecule has 1 atom stereocenters. The largest absolute Gasteiger partial charge is 0.452 e. The van der Waals surface area contributed by atoms with E-state index in [1.165, 1.54) is 5.56 Å². The molecular formula is C20H23NO3S. The number of rotatable bonds is 8. The van der Waals surface area contributed by atoms with Crippen molar-refractivity contribution < 1.29 is 14.3 Å². The van der Waals surface area contributed by atoms with Crippen molar-refractivity contribution in [2.24, 2.45) is 0 Å². The van der Waals surface area contributed by atoms with Gasteiger partial charge >= 0.3 is 5.97 Å². The van der Waals surface area contributed by atoms with E-state index in [-0.39, 0.29) is 18.6 Å². The predicted molar refractivity (Wildman–Crippen MR) is 101 cm³/mol. The van der Waals surface area contributed by atoms with E-state index in [0.717, 1.165) is 17.7 Å². The van der Waals surface area contributed by atoms with Crippen molar-refractivity contribution in [1.29, 1.82) is 0 Å². The Kier molecular flexibility index (Phi) is 7.54. The van der Waals surface area contributed by atoms with Crippen molar-refractivity contribution >= 4 is 23.6 Å². The van der Waals surface area contributed by atoms with Crippen LogP contribution in [0.25, 0.3) is 0 Å². The Bertz CT molecular complexity index is 686. The third-order valence-corrected chi connectivity index (χ3v) is 4.52. The van der Waals surface area contributed by atoms with Gasteiger partial charge in [-0.15, -0.1) is 11.8 Å². The zero-order valence-electron chi connectivity index (χ0n) is 14.5. The molecule has 1 amide bonds. The molecule has 1 N–H and O–H groups in total. The average Bonchev–Trinajstić information content (AvgIpc) is 2.65. The lowest BCUT2D eigenvalue weighted by molar-refractivity contribution is -0.124. The highest BCUT2D eigenvalue weighted by atomic mass is 32.2. The van der Waals surface area contributed by atoms with E-state index in [4.69, 9.17) is 4.74 Å². The number of esters is 1. The van der Waals surface area contributed by atoms with Crippen molar-refractivity contribution in [2.75, 3.05) is 12.9 Å². The van der Waals surface area contributed by atoms with Crippen LogP contribution in [0.15, 0.2) is 59.5 Å². The van der Waals surface area contributed by atoms with Crippen LogP contribution in [0, 0.1) is 0 Å². The monoisotopic (exact) mass is 357 g/mol. The van der Waals surface area contributed by atoms with Gasteiger partial charge in [0.15, 0.2) is 6.61 Å². The van der Waals surface area contributed by atoms with Gasteiger partial charge in [0, 0.05) is 10.9 Å². The van der Waals surface area contributed by atoms with E-state index in [1.807, 2.05) is 43.5 Å². The van der Waals surface area contributed by atoms with Crippen LogP contribution in [-0.4, -0.2) is 30.8 Å². The Morgan fingerprint density at radius 1 is 1.08 bits per heavy atom. The highest BCUT2D eigenvalue weighted by Gasteiger charge is 2.12. The maximum Gasteiger partial charge on any atom is 0.338 e. The molecule has 2 rings (SSSR count). The predicted octanol–water partition coefficient (Wildman–Crippen LogP) is 3.70. The Hall–Kier alpha value is -2.27. The Morgan fingerprint density at radius 2 is 1.76 bits per heavy atom. The summed E-state index contributed by atoms with van der Waals surface area (Å²) >= 11 is 1.60. The first-order chi connectivity index (χ1) is 12.1. The fourth-order valence-electron chi connectivity index (χ4n) is 2.36. The van der Waals surface area contributed by atoms with Crippen molar-refractivity contribution in [3.05, 3.63) is 65.7 Å². The van der Waals surface area contributed by atoms with Gasteiger partial charge in [0.2, 0.25) is 0 Å². The van der Waals surface area contributed by atoms with Crippen LogP contribution in [-0.2, 0) is 16.0 Å². The second-order valence-electron chi connectivity index (χ2n) is 5.80. The molecule has 0 spiro atoms. The van der Waals surface area contributed by atoms with Gasteiger partial charge in [-0.2, -0.15) is 0 Å². The number of hydrogen-bond acceptors (Lipinski definition) is 4. The number of carbonyl (C=O) groups is 2. The van der Waals surface area contributed by atoms with Crippen molar-refractivity contribution in [2.45, 2.75) is 30.7 Å². The molecule has 0 aliphatic heterocycles. The molecule has 0 saturated carbocycles. The fourth-order valence-corrected chi connectivity index (χ4v) is 2.77. The molecule has 132 valence electrons. The molecule has 0 aliphatic rings. The van der Waals surface area contributed by atoms with Crippen LogP contribution in [0.5, 0.6) is 0 Å². The molecule has 0 saturated heterocycles. The molecule has 5 heteroatoms.